The molecule has 0 bridgehead atoms. The third kappa shape index (κ3) is 5.41. The van der Waals surface area contributed by atoms with Crippen molar-refractivity contribution in [2.75, 3.05) is 30.5 Å². The zero-order valence-corrected chi connectivity index (χ0v) is 11.8. The minimum atomic E-state index is -0.348. The summed E-state index contributed by atoms with van der Waals surface area (Å²) in [7, 11) is 0. The van der Waals surface area contributed by atoms with Gasteiger partial charge in [0.25, 0.3) is 0 Å². The Hall–Kier alpha value is -0.750. The SMILES string of the molecule is CCOC(=O)c1csc(NCCCCSC)n1. The molecule has 6 heteroatoms. The van der Waals surface area contributed by atoms with Crippen LogP contribution in [0.3, 0.4) is 0 Å². The van der Waals surface area contributed by atoms with Crippen LogP contribution >= 0.6 is 23.1 Å². The summed E-state index contributed by atoms with van der Waals surface area (Å²) in [5.41, 5.74) is 0.392. The summed E-state index contributed by atoms with van der Waals surface area (Å²) in [4.78, 5) is 15.5. The third-order valence-corrected chi connectivity index (χ3v) is 3.54. The molecule has 0 saturated carbocycles. The van der Waals surface area contributed by atoms with E-state index in [9.17, 15) is 4.79 Å². The van der Waals surface area contributed by atoms with Crippen molar-refractivity contribution in [1.29, 1.82) is 0 Å². The smallest absolute Gasteiger partial charge is 0.357 e. The molecule has 0 unspecified atom stereocenters. The molecule has 1 N–H and O–H groups in total. The molecule has 96 valence electrons. The number of esters is 1. The second-order valence-corrected chi connectivity index (χ2v) is 5.23. The van der Waals surface area contributed by atoms with Crippen LogP contribution in [0.25, 0.3) is 0 Å². The molecule has 0 aliphatic heterocycles. The molecule has 17 heavy (non-hydrogen) atoms. The number of anilines is 1. The monoisotopic (exact) mass is 274 g/mol. The summed E-state index contributed by atoms with van der Waals surface area (Å²) in [6.07, 6.45) is 4.43. The van der Waals surface area contributed by atoms with Gasteiger partial charge >= 0.3 is 5.97 Å². The average Bonchev–Trinajstić information content (AvgIpc) is 2.78. The molecule has 0 atom stereocenters. The summed E-state index contributed by atoms with van der Waals surface area (Å²) >= 11 is 3.30. The van der Waals surface area contributed by atoms with Crippen molar-refractivity contribution in [3.8, 4) is 0 Å². The fourth-order valence-electron chi connectivity index (χ4n) is 1.22. The number of unbranched alkanes of at least 4 members (excludes halogenated alkanes) is 1. The van der Waals surface area contributed by atoms with Crippen molar-refractivity contribution >= 4 is 34.2 Å². The second kappa shape index (κ2) is 8.36. The molecule has 0 fully saturated rings. The lowest BCUT2D eigenvalue weighted by Gasteiger charge is -2.01. The van der Waals surface area contributed by atoms with Crippen LogP contribution in [0.15, 0.2) is 5.38 Å². The van der Waals surface area contributed by atoms with Crippen molar-refractivity contribution < 1.29 is 9.53 Å². The molecular weight excluding hydrogens is 256 g/mol. The lowest BCUT2D eigenvalue weighted by Crippen LogP contribution is -2.06. The number of rotatable bonds is 8. The standard InChI is InChI=1S/C11H18N2O2S2/c1-3-15-10(14)9-8-17-11(13-9)12-6-4-5-7-16-2/h8H,3-7H2,1-2H3,(H,12,13). The molecule has 0 aliphatic carbocycles. The molecule has 0 aliphatic rings. The highest BCUT2D eigenvalue weighted by atomic mass is 32.2. The van der Waals surface area contributed by atoms with Gasteiger partial charge in [0.2, 0.25) is 0 Å². The Bertz CT molecular complexity index is 342. The predicted octanol–water partition coefficient (Wildman–Crippen LogP) is 2.87. The van der Waals surface area contributed by atoms with E-state index in [4.69, 9.17) is 4.74 Å². The Labute approximate surface area is 110 Å². The lowest BCUT2D eigenvalue weighted by molar-refractivity contribution is 0.0520. The van der Waals surface area contributed by atoms with Crippen LogP contribution in [-0.4, -0.2) is 36.1 Å². The van der Waals surface area contributed by atoms with E-state index in [0.717, 1.165) is 18.1 Å². The van der Waals surface area contributed by atoms with E-state index in [1.807, 2.05) is 11.8 Å². The van der Waals surface area contributed by atoms with Crippen LogP contribution in [0.2, 0.25) is 0 Å². The molecular formula is C11H18N2O2S2. The molecule has 0 radical (unpaired) electrons. The zero-order valence-electron chi connectivity index (χ0n) is 10.2. The maximum Gasteiger partial charge on any atom is 0.357 e. The summed E-state index contributed by atoms with van der Waals surface area (Å²) in [5, 5.41) is 5.72. The number of hydrogen-bond acceptors (Lipinski definition) is 6. The Kier molecular flexibility index (Phi) is 7.04. The number of carbonyl (C=O) groups excluding carboxylic acids is 1. The van der Waals surface area contributed by atoms with Crippen LogP contribution in [0.1, 0.15) is 30.3 Å². The van der Waals surface area contributed by atoms with Crippen molar-refractivity contribution in [2.45, 2.75) is 19.8 Å². The number of nitrogens with one attached hydrogen (secondary N) is 1. The molecule has 1 rings (SSSR count). The van der Waals surface area contributed by atoms with Gasteiger partial charge in [-0.3, -0.25) is 0 Å². The zero-order chi connectivity index (χ0) is 12.5. The van der Waals surface area contributed by atoms with E-state index in [-0.39, 0.29) is 5.97 Å². The highest BCUT2D eigenvalue weighted by Crippen LogP contribution is 2.16. The van der Waals surface area contributed by atoms with E-state index >= 15 is 0 Å². The highest BCUT2D eigenvalue weighted by Gasteiger charge is 2.10. The van der Waals surface area contributed by atoms with Crippen molar-refractivity contribution in [3.63, 3.8) is 0 Å². The van der Waals surface area contributed by atoms with Crippen molar-refractivity contribution in [3.05, 3.63) is 11.1 Å². The van der Waals surface area contributed by atoms with Gasteiger partial charge in [0.1, 0.15) is 0 Å². The van der Waals surface area contributed by atoms with Crippen molar-refractivity contribution in [1.82, 2.24) is 4.98 Å². The van der Waals surface area contributed by atoms with Gasteiger partial charge in [-0.2, -0.15) is 11.8 Å². The molecule has 1 aromatic heterocycles. The van der Waals surface area contributed by atoms with Gasteiger partial charge in [-0.15, -0.1) is 11.3 Å². The first kappa shape index (κ1) is 14.3. The minimum absolute atomic E-state index is 0.348. The number of thioether (sulfide) groups is 1. The average molecular weight is 274 g/mol. The lowest BCUT2D eigenvalue weighted by atomic mass is 10.3. The molecule has 0 amide bonds. The quantitative estimate of drug-likeness (QED) is 0.583. The highest BCUT2D eigenvalue weighted by molar-refractivity contribution is 7.98. The molecule has 4 nitrogen and oxygen atoms in total. The van der Waals surface area contributed by atoms with Gasteiger partial charge in [-0.05, 0) is 31.8 Å². The number of ether oxygens (including phenoxy) is 1. The van der Waals surface area contributed by atoms with Gasteiger partial charge in [-0.25, -0.2) is 9.78 Å². The van der Waals surface area contributed by atoms with E-state index in [1.54, 1.807) is 12.3 Å². The Morgan fingerprint density at radius 3 is 3.12 bits per heavy atom. The Balaban J connectivity index is 2.28. The molecule has 1 heterocycles. The van der Waals surface area contributed by atoms with Crippen LogP contribution < -0.4 is 5.32 Å². The third-order valence-electron chi connectivity index (χ3n) is 2.04. The summed E-state index contributed by atoms with van der Waals surface area (Å²) < 4.78 is 4.87. The number of aromatic nitrogens is 1. The van der Waals surface area contributed by atoms with E-state index < -0.39 is 0 Å². The van der Waals surface area contributed by atoms with Gasteiger partial charge in [-0.1, -0.05) is 0 Å². The number of nitrogens with zero attached hydrogens (tertiary/aromatic N) is 1. The fraction of sp³-hybridized carbons (Fsp3) is 0.636. The molecule has 0 saturated heterocycles. The van der Waals surface area contributed by atoms with E-state index in [2.05, 4.69) is 16.6 Å². The molecule has 1 aromatic rings. The predicted molar refractivity (Wildman–Crippen MR) is 74.2 cm³/mol. The maximum absolute atomic E-state index is 11.4. The maximum atomic E-state index is 11.4. The summed E-state index contributed by atoms with van der Waals surface area (Å²) in [5.74, 6) is 0.840. The van der Waals surface area contributed by atoms with Crippen molar-refractivity contribution in [2.24, 2.45) is 0 Å². The van der Waals surface area contributed by atoms with Gasteiger partial charge in [0, 0.05) is 11.9 Å². The first-order valence-corrected chi connectivity index (χ1v) is 7.90. The van der Waals surface area contributed by atoms with E-state index in [0.29, 0.717) is 12.3 Å². The summed E-state index contributed by atoms with van der Waals surface area (Å²) in [6, 6.07) is 0. The van der Waals surface area contributed by atoms with Gasteiger partial charge in [0.05, 0.1) is 6.61 Å². The van der Waals surface area contributed by atoms with Crippen LogP contribution in [-0.2, 0) is 4.74 Å². The molecule has 0 spiro atoms. The van der Waals surface area contributed by atoms with Crippen LogP contribution in [0.4, 0.5) is 5.13 Å². The topological polar surface area (TPSA) is 51.2 Å². The summed E-state index contributed by atoms with van der Waals surface area (Å²) in [6.45, 7) is 3.07. The minimum Gasteiger partial charge on any atom is -0.461 e. The largest absolute Gasteiger partial charge is 0.461 e. The van der Waals surface area contributed by atoms with Crippen LogP contribution in [0.5, 0.6) is 0 Å². The second-order valence-electron chi connectivity index (χ2n) is 3.39. The van der Waals surface area contributed by atoms with E-state index in [1.165, 1.54) is 23.5 Å². The normalized spacial score (nSPS) is 10.2. The fourth-order valence-corrected chi connectivity index (χ4v) is 2.42. The number of thiazole rings is 1. The number of hydrogen-bond donors (Lipinski definition) is 1. The van der Waals surface area contributed by atoms with Crippen LogP contribution in [0, 0.1) is 0 Å². The first-order chi connectivity index (χ1) is 8.27. The number of carbonyl (C=O) groups is 1. The first-order valence-electron chi connectivity index (χ1n) is 5.63. The van der Waals surface area contributed by atoms with Gasteiger partial charge in [0.15, 0.2) is 10.8 Å². The Morgan fingerprint density at radius 1 is 1.59 bits per heavy atom. The Morgan fingerprint density at radius 2 is 2.41 bits per heavy atom. The van der Waals surface area contributed by atoms with Gasteiger partial charge < -0.3 is 10.1 Å². The molecule has 0 aromatic carbocycles.